The van der Waals surface area contributed by atoms with Crippen LogP contribution in [0.4, 0.5) is 5.69 Å². The Labute approximate surface area is 123 Å². The van der Waals surface area contributed by atoms with E-state index in [9.17, 15) is 8.42 Å². The summed E-state index contributed by atoms with van der Waals surface area (Å²) in [6, 6.07) is 4.92. The molecule has 0 atom stereocenters. The molecule has 0 spiro atoms. The van der Waals surface area contributed by atoms with Gasteiger partial charge in [-0.25, -0.2) is 0 Å². The maximum atomic E-state index is 12.1. The SMILES string of the molecule is CCCCCSC1=NS(=O)(=O)c2cc(OC)ccc2N1. The maximum absolute atomic E-state index is 12.1. The van der Waals surface area contributed by atoms with Gasteiger partial charge in [-0.15, -0.1) is 4.40 Å². The smallest absolute Gasteiger partial charge is 0.286 e. The summed E-state index contributed by atoms with van der Waals surface area (Å²) in [7, 11) is -2.14. The fourth-order valence-corrected chi connectivity index (χ4v) is 4.08. The Kier molecular flexibility index (Phi) is 4.93. The topological polar surface area (TPSA) is 67.8 Å². The molecule has 0 saturated carbocycles. The van der Waals surface area contributed by atoms with Crippen LogP contribution in [0, 0.1) is 0 Å². The summed E-state index contributed by atoms with van der Waals surface area (Å²) < 4.78 is 33.1. The van der Waals surface area contributed by atoms with Crippen molar-refractivity contribution in [1.82, 2.24) is 0 Å². The molecule has 7 heteroatoms. The summed E-state index contributed by atoms with van der Waals surface area (Å²) in [4.78, 5) is 0.162. The van der Waals surface area contributed by atoms with E-state index in [2.05, 4.69) is 16.6 Å². The van der Waals surface area contributed by atoms with Crippen molar-refractivity contribution in [1.29, 1.82) is 0 Å². The van der Waals surface area contributed by atoms with Gasteiger partial charge in [0, 0.05) is 11.8 Å². The van der Waals surface area contributed by atoms with Crippen LogP contribution in [0.1, 0.15) is 26.2 Å². The average molecular weight is 314 g/mol. The Hall–Kier alpha value is -1.21. The van der Waals surface area contributed by atoms with E-state index in [-0.39, 0.29) is 4.90 Å². The lowest BCUT2D eigenvalue weighted by Crippen LogP contribution is -2.19. The molecule has 1 heterocycles. The minimum atomic E-state index is -3.64. The van der Waals surface area contributed by atoms with Gasteiger partial charge in [0.15, 0.2) is 5.17 Å². The van der Waals surface area contributed by atoms with Gasteiger partial charge in [-0.05, 0) is 18.6 Å². The van der Waals surface area contributed by atoms with Crippen LogP contribution >= 0.6 is 11.8 Å². The molecule has 0 fully saturated rings. The third-order valence-electron chi connectivity index (χ3n) is 2.90. The minimum Gasteiger partial charge on any atom is -0.497 e. The van der Waals surface area contributed by atoms with Crippen LogP contribution in [0.3, 0.4) is 0 Å². The van der Waals surface area contributed by atoms with Crippen molar-refractivity contribution >= 4 is 32.6 Å². The normalized spacial score (nSPS) is 16.0. The monoisotopic (exact) mass is 314 g/mol. The number of ether oxygens (including phenoxy) is 1. The number of fused-ring (bicyclic) bond motifs is 1. The van der Waals surface area contributed by atoms with Crippen LogP contribution in [0.2, 0.25) is 0 Å². The van der Waals surface area contributed by atoms with Gasteiger partial charge in [0.05, 0.1) is 12.8 Å². The average Bonchev–Trinajstić information content (AvgIpc) is 2.43. The highest BCUT2D eigenvalue weighted by atomic mass is 32.2. The first-order valence-corrected chi connectivity index (χ1v) is 8.92. The lowest BCUT2D eigenvalue weighted by molar-refractivity contribution is 0.413. The van der Waals surface area contributed by atoms with Gasteiger partial charge in [0.25, 0.3) is 10.0 Å². The third-order valence-corrected chi connectivity index (χ3v) is 5.29. The molecule has 20 heavy (non-hydrogen) atoms. The predicted molar refractivity (Wildman–Crippen MR) is 83.2 cm³/mol. The lowest BCUT2D eigenvalue weighted by atomic mass is 10.3. The number of methoxy groups -OCH3 is 1. The highest BCUT2D eigenvalue weighted by molar-refractivity contribution is 8.14. The molecule has 5 nitrogen and oxygen atoms in total. The van der Waals surface area contributed by atoms with Crippen molar-refractivity contribution in [3.05, 3.63) is 18.2 Å². The molecule has 1 N–H and O–H groups in total. The number of rotatable bonds is 5. The molecule has 1 aromatic carbocycles. The molecule has 0 aromatic heterocycles. The molecule has 0 radical (unpaired) electrons. The van der Waals surface area contributed by atoms with Gasteiger partial charge in [-0.2, -0.15) is 8.42 Å². The number of benzene rings is 1. The number of nitrogens with zero attached hydrogens (tertiary/aromatic N) is 1. The van der Waals surface area contributed by atoms with Crippen molar-refractivity contribution in [2.45, 2.75) is 31.1 Å². The van der Waals surface area contributed by atoms with Crippen molar-refractivity contribution in [3.8, 4) is 5.75 Å². The van der Waals surface area contributed by atoms with Crippen LogP contribution in [0.25, 0.3) is 0 Å². The summed E-state index contributed by atoms with van der Waals surface area (Å²) in [6.07, 6.45) is 3.33. The molecule has 0 amide bonds. The fourth-order valence-electron chi connectivity index (χ4n) is 1.83. The largest absolute Gasteiger partial charge is 0.497 e. The predicted octanol–water partition coefficient (Wildman–Crippen LogP) is 3.09. The first-order valence-electron chi connectivity index (χ1n) is 6.49. The van der Waals surface area contributed by atoms with E-state index >= 15 is 0 Å². The maximum Gasteiger partial charge on any atom is 0.286 e. The van der Waals surface area contributed by atoms with Crippen molar-refractivity contribution in [2.75, 3.05) is 18.2 Å². The lowest BCUT2D eigenvalue weighted by Gasteiger charge is -2.18. The van der Waals surface area contributed by atoms with Gasteiger partial charge < -0.3 is 10.1 Å². The molecule has 2 rings (SSSR count). The van der Waals surface area contributed by atoms with Gasteiger partial charge in [0.1, 0.15) is 10.6 Å². The van der Waals surface area contributed by atoms with Crippen LogP contribution in [-0.4, -0.2) is 26.4 Å². The quantitative estimate of drug-likeness (QED) is 0.846. The first-order chi connectivity index (χ1) is 9.56. The number of unbranched alkanes of at least 4 members (excludes halogenated alkanes) is 2. The standard InChI is InChI=1S/C13H18N2O3S2/c1-3-4-5-8-19-13-14-11-7-6-10(18-2)9-12(11)20(16,17)15-13/h6-7,9H,3-5,8H2,1-2H3,(H,14,15). The van der Waals surface area contributed by atoms with Gasteiger partial charge in [0.2, 0.25) is 0 Å². The highest BCUT2D eigenvalue weighted by Crippen LogP contribution is 2.32. The van der Waals surface area contributed by atoms with Gasteiger partial charge in [-0.1, -0.05) is 31.5 Å². The van der Waals surface area contributed by atoms with Crippen molar-refractivity contribution < 1.29 is 13.2 Å². The van der Waals surface area contributed by atoms with Crippen molar-refractivity contribution in [3.63, 3.8) is 0 Å². The second kappa shape index (κ2) is 6.49. The molecule has 0 saturated heterocycles. The van der Waals surface area contributed by atoms with Crippen molar-refractivity contribution in [2.24, 2.45) is 4.40 Å². The second-order valence-electron chi connectivity index (χ2n) is 4.41. The van der Waals surface area contributed by atoms with Crippen LogP contribution in [0.15, 0.2) is 27.5 Å². The molecule has 0 aliphatic carbocycles. The zero-order chi connectivity index (χ0) is 14.6. The molecule has 1 aliphatic heterocycles. The highest BCUT2D eigenvalue weighted by Gasteiger charge is 2.25. The number of anilines is 1. The fraction of sp³-hybridized carbons (Fsp3) is 0.462. The minimum absolute atomic E-state index is 0.162. The number of thioether (sulfide) groups is 1. The molecular formula is C13H18N2O3S2. The zero-order valence-corrected chi connectivity index (χ0v) is 13.2. The summed E-state index contributed by atoms with van der Waals surface area (Å²) in [5.41, 5.74) is 0.554. The van der Waals surface area contributed by atoms with E-state index in [0.717, 1.165) is 25.0 Å². The molecule has 1 aromatic rings. The Morgan fingerprint density at radius 2 is 2.15 bits per heavy atom. The van der Waals surface area contributed by atoms with Crippen LogP contribution in [0.5, 0.6) is 5.75 Å². The number of hydrogen-bond donors (Lipinski definition) is 1. The zero-order valence-electron chi connectivity index (χ0n) is 11.5. The number of hydrogen-bond acceptors (Lipinski definition) is 5. The third kappa shape index (κ3) is 3.46. The summed E-state index contributed by atoms with van der Waals surface area (Å²) >= 11 is 1.44. The van der Waals surface area contributed by atoms with Crippen LogP contribution < -0.4 is 10.1 Å². The molecular weight excluding hydrogens is 296 g/mol. The number of sulfonamides is 1. The summed E-state index contributed by atoms with van der Waals surface area (Å²) in [6.45, 7) is 2.13. The van der Waals surface area contributed by atoms with E-state index in [1.165, 1.54) is 24.9 Å². The van der Waals surface area contributed by atoms with E-state index in [1.807, 2.05) is 0 Å². The van der Waals surface area contributed by atoms with E-state index in [4.69, 9.17) is 4.74 Å². The Balaban J connectivity index is 2.17. The van der Waals surface area contributed by atoms with E-state index < -0.39 is 10.0 Å². The Morgan fingerprint density at radius 1 is 1.35 bits per heavy atom. The summed E-state index contributed by atoms with van der Waals surface area (Å²) in [5.74, 6) is 1.36. The molecule has 1 aliphatic rings. The first kappa shape index (κ1) is 15.2. The van der Waals surface area contributed by atoms with Gasteiger partial charge >= 0.3 is 0 Å². The van der Waals surface area contributed by atoms with Gasteiger partial charge in [-0.3, -0.25) is 0 Å². The molecule has 110 valence electrons. The number of nitrogens with one attached hydrogen (secondary N) is 1. The molecule has 0 bridgehead atoms. The Morgan fingerprint density at radius 3 is 2.85 bits per heavy atom. The Bertz CT molecular complexity index is 612. The summed E-state index contributed by atoms with van der Waals surface area (Å²) in [5, 5.41) is 3.50. The van der Waals surface area contributed by atoms with E-state index in [0.29, 0.717) is 16.6 Å². The van der Waals surface area contributed by atoms with Crippen LogP contribution in [-0.2, 0) is 10.0 Å². The second-order valence-corrected chi connectivity index (χ2v) is 7.07. The molecule has 0 unspecified atom stereocenters. The van der Waals surface area contributed by atoms with E-state index in [1.54, 1.807) is 12.1 Å². The number of amidine groups is 1.